The third kappa shape index (κ3) is 0.864. The molecular formula is C3H8N2S. The first-order valence-corrected chi connectivity index (χ1v) is 2.85. The van der Waals surface area contributed by atoms with E-state index in [0.29, 0.717) is 6.04 Å². The second-order valence-corrected chi connectivity index (χ2v) is 2.20. The highest BCUT2D eigenvalue weighted by atomic mass is 32.2. The van der Waals surface area contributed by atoms with Gasteiger partial charge in [0.25, 0.3) is 0 Å². The largest absolute Gasteiger partial charge is 0.249 e. The topological polar surface area (TPSA) is 24.1 Å². The van der Waals surface area contributed by atoms with Gasteiger partial charge in [-0.15, -0.1) is 0 Å². The molecule has 1 fully saturated rings. The molecular weight excluding hydrogens is 96.1 g/mol. The molecule has 1 atom stereocenters. The van der Waals surface area contributed by atoms with Gasteiger partial charge in [-0.1, -0.05) is 0 Å². The van der Waals surface area contributed by atoms with Gasteiger partial charge in [-0.05, 0) is 6.92 Å². The third-order valence-electron chi connectivity index (χ3n) is 0.722. The summed E-state index contributed by atoms with van der Waals surface area (Å²) in [5.41, 5.74) is 0. The van der Waals surface area contributed by atoms with Crippen LogP contribution in [0.15, 0.2) is 0 Å². The van der Waals surface area contributed by atoms with Gasteiger partial charge in [0.2, 0.25) is 0 Å². The standard InChI is InChI=1S/C3H8N2S/c1-3-2-4-6-5-3/h3-5H,2H2,1H3/t3-/m1/s1. The Bertz CT molecular complexity index is 42.1. The van der Waals surface area contributed by atoms with Crippen LogP contribution >= 0.6 is 12.1 Å². The van der Waals surface area contributed by atoms with Crippen LogP contribution < -0.4 is 9.44 Å². The molecule has 1 saturated heterocycles. The molecule has 0 unspecified atom stereocenters. The minimum atomic E-state index is 0.648. The van der Waals surface area contributed by atoms with Crippen LogP contribution in [-0.4, -0.2) is 12.6 Å². The van der Waals surface area contributed by atoms with Gasteiger partial charge < -0.3 is 0 Å². The molecule has 2 nitrogen and oxygen atoms in total. The van der Waals surface area contributed by atoms with Gasteiger partial charge >= 0.3 is 0 Å². The van der Waals surface area contributed by atoms with Gasteiger partial charge in [0, 0.05) is 24.7 Å². The third-order valence-corrected chi connectivity index (χ3v) is 1.55. The maximum absolute atomic E-state index is 3.12. The maximum Gasteiger partial charge on any atom is 0.0290 e. The average Bonchev–Trinajstić information content (AvgIpc) is 1.86. The Kier molecular flexibility index (Phi) is 1.34. The summed E-state index contributed by atoms with van der Waals surface area (Å²) >= 11 is 1.58. The molecule has 0 radical (unpaired) electrons. The SMILES string of the molecule is C[C@@H]1CNSN1. The first kappa shape index (κ1) is 4.43. The van der Waals surface area contributed by atoms with E-state index in [1.807, 2.05) is 0 Å². The zero-order chi connectivity index (χ0) is 4.41. The normalized spacial score (nSPS) is 34.5. The fourth-order valence-electron chi connectivity index (χ4n) is 0.351. The van der Waals surface area contributed by atoms with Crippen molar-refractivity contribution in [1.29, 1.82) is 0 Å². The molecule has 1 aliphatic rings. The summed E-state index contributed by atoms with van der Waals surface area (Å²) in [5, 5.41) is 0. The summed E-state index contributed by atoms with van der Waals surface area (Å²) in [6, 6.07) is 0.648. The van der Waals surface area contributed by atoms with Crippen molar-refractivity contribution >= 4 is 12.1 Å². The Morgan fingerprint density at radius 2 is 2.67 bits per heavy atom. The van der Waals surface area contributed by atoms with Crippen molar-refractivity contribution in [2.45, 2.75) is 13.0 Å². The van der Waals surface area contributed by atoms with Crippen molar-refractivity contribution in [3.8, 4) is 0 Å². The van der Waals surface area contributed by atoms with E-state index in [4.69, 9.17) is 0 Å². The van der Waals surface area contributed by atoms with Crippen molar-refractivity contribution in [3.63, 3.8) is 0 Å². The van der Waals surface area contributed by atoms with Crippen LogP contribution in [0.5, 0.6) is 0 Å². The highest BCUT2D eigenvalue weighted by Crippen LogP contribution is 1.97. The van der Waals surface area contributed by atoms with Crippen LogP contribution in [0.1, 0.15) is 6.92 Å². The first-order valence-electron chi connectivity index (χ1n) is 2.04. The lowest BCUT2D eigenvalue weighted by atomic mass is 10.4. The number of rotatable bonds is 0. The predicted molar refractivity (Wildman–Crippen MR) is 28.2 cm³/mol. The molecule has 0 saturated carbocycles. The maximum atomic E-state index is 3.12. The Morgan fingerprint density at radius 3 is 2.83 bits per heavy atom. The van der Waals surface area contributed by atoms with Crippen LogP contribution in [0.25, 0.3) is 0 Å². The minimum Gasteiger partial charge on any atom is -0.249 e. The molecule has 36 valence electrons. The van der Waals surface area contributed by atoms with Crippen molar-refractivity contribution in [2.24, 2.45) is 0 Å². The molecule has 0 aromatic rings. The van der Waals surface area contributed by atoms with Gasteiger partial charge in [-0.3, -0.25) is 0 Å². The highest BCUT2D eigenvalue weighted by molar-refractivity contribution is 7.95. The second kappa shape index (κ2) is 1.82. The van der Waals surface area contributed by atoms with Crippen LogP contribution in [-0.2, 0) is 0 Å². The average molecular weight is 104 g/mol. The van der Waals surface area contributed by atoms with Crippen LogP contribution in [0.4, 0.5) is 0 Å². The minimum absolute atomic E-state index is 0.648. The summed E-state index contributed by atoms with van der Waals surface area (Å²) in [6.45, 7) is 3.23. The molecule has 0 amide bonds. The molecule has 3 heteroatoms. The first-order chi connectivity index (χ1) is 2.89. The molecule has 0 aromatic heterocycles. The second-order valence-electron chi connectivity index (χ2n) is 1.47. The van der Waals surface area contributed by atoms with E-state index in [2.05, 4.69) is 16.4 Å². The number of nitrogens with one attached hydrogen (secondary N) is 2. The van der Waals surface area contributed by atoms with Gasteiger partial charge in [-0.25, -0.2) is 9.44 Å². The number of hydrogen-bond donors (Lipinski definition) is 2. The molecule has 6 heavy (non-hydrogen) atoms. The quantitative estimate of drug-likeness (QED) is 0.427. The zero-order valence-corrected chi connectivity index (χ0v) is 4.51. The van der Waals surface area contributed by atoms with E-state index in [1.165, 1.54) is 0 Å². The van der Waals surface area contributed by atoms with E-state index >= 15 is 0 Å². The van der Waals surface area contributed by atoms with E-state index < -0.39 is 0 Å². The predicted octanol–water partition coefficient (Wildman–Crippen LogP) is 0.131. The van der Waals surface area contributed by atoms with Crippen molar-refractivity contribution in [2.75, 3.05) is 6.54 Å². The van der Waals surface area contributed by atoms with Crippen LogP contribution in [0.2, 0.25) is 0 Å². The lowest BCUT2D eigenvalue weighted by Gasteiger charge is -1.91. The summed E-state index contributed by atoms with van der Waals surface area (Å²) in [4.78, 5) is 0. The van der Waals surface area contributed by atoms with Crippen LogP contribution in [0.3, 0.4) is 0 Å². The molecule has 0 aliphatic carbocycles. The van der Waals surface area contributed by atoms with Gasteiger partial charge in [0.1, 0.15) is 0 Å². The Morgan fingerprint density at radius 1 is 1.83 bits per heavy atom. The Hall–Kier alpha value is 0.270. The van der Waals surface area contributed by atoms with Crippen molar-refractivity contribution in [3.05, 3.63) is 0 Å². The highest BCUT2D eigenvalue weighted by Gasteiger charge is 2.05. The van der Waals surface area contributed by atoms with E-state index in [9.17, 15) is 0 Å². The lowest BCUT2D eigenvalue weighted by molar-refractivity contribution is 0.726. The zero-order valence-electron chi connectivity index (χ0n) is 3.69. The summed E-state index contributed by atoms with van der Waals surface area (Å²) < 4.78 is 6.20. The molecule has 1 heterocycles. The molecule has 0 spiro atoms. The molecule has 2 N–H and O–H groups in total. The van der Waals surface area contributed by atoms with Crippen molar-refractivity contribution < 1.29 is 0 Å². The summed E-state index contributed by atoms with van der Waals surface area (Å²) in [7, 11) is 0. The lowest BCUT2D eigenvalue weighted by Crippen LogP contribution is -2.15. The van der Waals surface area contributed by atoms with Crippen molar-refractivity contribution in [1.82, 2.24) is 9.44 Å². The fourth-order valence-corrected chi connectivity index (χ4v) is 1.05. The summed E-state index contributed by atoms with van der Waals surface area (Å²) in [6.07, 6.45) is 0. The molecule has 0 bridgehead atoms. The molecule has 1 aliphatic heterocycles. The smallest absolute Gasteiger partial charge is 0.0290 e. The van der Waals surface area contributed by atoms with Crippen LogP contribution in [0, 0.1) is 0 Å². The molecule has 1 rings (SSSR count). The van der Waals surface area contributed by atoms with Gasteiger partial charge in [0.15, 0.2) is 0 Å². The fraction of sp³-hybridized carbons (Fsp3) is 1.00. The van der Waals surface area contributed by atoms with E-state index in [0.717, 1.165) is 6.54 Å². The van der Waals surface area contributed by atoms with E-state index in [1.54, 1.807) is 12.1 Å². The Labute approximate surface area is 42.0 Å². The Balaban J connectivity index is 2.18. The van der Waals surface area contributed by atoms with Gasteiger partial charge in [-0.2, -0.15) is 0 Å². The van der Waals surface area contributed by atoms with Gasteiger partial charge in [0.05, 0.1) is 0 Å². The monoisotopic (exact) mass is 104 g/mol. The summed E-state index contributed by atoms with van der Waals surface area (Å²) in [5.74, 6) is 0. The number of hydrogen-bond acceptors (Lipinski definition) is 3. The van der Waals surface area contributed by atoms with E-state index in [-0.39, 0.29) is 0 Å². The molecule has 0 aromatic carbocycles.